The second-order valence-electron chi connectivity index (χ2n) is 5.19. The molecular formula is C17H20Cl2N4O. The normalized spacial score (nSPS) is 10.5. The Hall–Kier alpha value is -1.85. The van der Waals surface area contributed by atoms with Crippen molar-refractivity contribution in [2.24, 2.45) is 0 Å². The van der Waals surface area contributed by atoms with Gasteiger partial charge < -0.3 is 10.2 Å². The van der Waals surface area contributed by atoms with E-state index in [2.05, 4.69) is 15.3 Å². The third-order valence-electron chi connectivity index (χ3n) is 3.64. The highest BCUT2D eigenvalue weighted by Gasteiger charge is 2.10. The van der Waals surface area contributed by atoms with E-state index < -0.39 is 0 Å². The maximum Gasteiger partial charge on any atom is 0.254 e. The third-order valence-corrected chi connectivity index (χ3v) is 4.23. The Morgan fingerprint density at radius 3 is 2.42 bits per heavy atom. The molecular weight excluding hydrogens is 347 g/mol. The monoisotopic (exact) mass is 366 g/mol. The molecule has 0 aliphatic carbocycles. The van der Waals surface area contributed by atoms with Gasteiger partial charge in [-0.1, -0.05) is 29.3 Å². The van der Waals surface area contributed by atoms with E-state index in [9.17, 15) is 4.79 Å². The summed E-state index contributed by atoms with van der Waals surface area (Å²) in [7, 11) is 0. The Morgan fingerprint density at radius 1 is 1.17 bits per heavy atom. The summed E-state index contributed by atoms with van der Waals surface area (Å²) >= 11 is 12.0. The van der Waals surface area contributed by atoms with Gasteiger partial charge in [0.1, 0.15) is 0 Å². The lowest BCUT2D eigenvalue weighted by Crippen LogP contribution is -2.27. The molecule has 2 aromatic rings. The second-order valence-corrected chi connectivity index (χ2v) is 6.03. The zero-order valence-corrected chi connectivity index (χ0v) is 15.2. The Labute approximate surface area is 152 Å². The van der Waals surface area contributed by atoms with Crippen molar-refractivity contribution in [2.45, 2.75) is 20.3 Å². The Morgan fingerprint density at radius 2 is 1.83 bits per heavy atom. The molecule has 0 unspecified atom stereocenters. The van der Waals surface area contributed by atoms with Crippen molar-refractivity contribution in [3.63, 3.8) is 0 Å². The Bertz CT molecular complexity index is 687. The predicted octanol–water partition coefficient (Wildman–Crippen LogP) is 3.60. The summed E-state index contributed by atoms with van der Waals surface area (Å²) in [5, 5.41) is 4.04. The van der Waals surface area contributed by atoms with Crippen LogP contribution in [0.15, 0.2) is 30.6 Å². The van der Waals surface area contributed by atoms with Crippen LogP contribution < -0.4 is 10.2 Å². The summed E-state index contributed by atoms with van der Waals surface area (Å²) in [5.41, 5.74) is 1.38. The Kier molecular flexibility index (Phi) is 6.82. The van der Waals surface area contributed by atoms with Crippen LogP contribution in [0.1, 0.15) is 29.8 Å². The number of carbonyl (C=O) groups is 1. The molecule has 0 atom stereocenters. The molecule has 0 spiro atoms. The van der Waals surface area contributed by atoms with Crippen molar-refractivity contribution in [3.8, 4) is 0 Å². The summed E-state index contributed by atoms with van der Waals surface area (Å²) < 4.78 is 0. The summed E-state index contributed by atoms with van der Waals surface area (Å²) in [6.07, 6.45) is 3.72. The van der Waals surface area contributed by atoms with Gasteiger partial charge in [0.25, 0.3) is 5.91 Å². The molecule has 0 saturated heterocycles. The van der Waals surface area contributed by atoms with Crippen molar-refractivity contribution in [1.29, 1.82) is 0 Å². The van der Waals surface area contributed by atoms with Gasteiger partial charge in [-0.05, 0) is 38.0 Å². The largest absolute Gasteiger partial charge is 0.352 e. The molecule has 5 nitrogen and oxygen atoms in total. The topological polar surface area (TPSA) is 58.1 Å². The van der Waals surface area contributed by atoms with Gasteiger partial charge in [-0.15, -0.1) is 0 Å². The minimum atomic E-state index is -0.203. The summed E-state index contributed by atoms with van der Waals surface area (Å²) in [4.78, 5) is 22.7. The maximum absolute atomic E-state index is 12.1. The number of anilines is 1. The average Bonchev–Trinajstić information content (AvgIpc) is 2.58. The van der Waals surface area contributed by atoms with Crippen molar-refractivity contribution < 1.29 is 4.79 Å². The first kappa shape index (κ1) is 18.5. The highest BCUT2D eigenvalue weighted by atomic mass is 35.5. The summed E-state index contributed by atoms with van der Waals surface area (Å²) in [5.74, 6) is 0.427. The van der Waals surface area contributed by atoms with Gasteiger partial charge in [0.2, 0.25) is 5.95 Å². The van der Waals surface area contributed by atoms with E-state index in [4.69, 9.17) is 23.2 Å². The smallest absolute Gasteiger partial charge is 0.254 e. The fraction of sp³-hybridized carbons (Fsp3) is 0.353. The van der Waals surface area contributed by atoms with Gasteiger partial charge in [-0.3, -0.25) is 4.79 Å². The number of aromatic nitrogens is 2. The van der Waals surface area contributed by atoms with Crippen LogP contribution in [0.4, 0.5) is 5.95 Å². The van der Waals surface area contributed by atoms with E-state index in [1.807, 2.05) is 24.8 Å². The average molecular weight is 367 g/mol. The van der Waals surface area contributed by atoms with Crippen LogP contribution in [0.25, 0.3) is 0 Å². The number of benzene rings is 1. The first-order valence-corrected chi connectivity index (χ1v) is 8.59. The quantitative estimate of drug-likeness (QED) is 0.812. The molecule has 1 aromatic carbocycles. The van der Waals surface area contributed by atoms with Crippen LogP contribution in [-0.4, -0.2) is 35.5 Å². The molecule has 0 aliphatic heterocycles. The number of halogens is 2. The van der Waals surface area contributed by atoms with Crippen molar-refractivity contribution >= 4 is 35.1 Å². The van der Waals surface area contributed by atoms with E-state index in [1.165, 1.54) is 0 Å². The number of hydrogen-bond donors (Lipinski definition) is 1. The standard InChI is InChI=1S/C17H20Cl2N4O/c1-3-23(4-2)17-21-10-13(11-22-17)16(24)20-8-7-12-5-6-14(18)9-15(12)19/h5-6,9-11H,3-4,7-8H2,1-2H3,(H,20,24). The van der Waals surface area contributed by atoms with E-state index in [0.717, 1.165) is 18.7 Å². The van der Waals surface area contributed by atoms with E-state index in [-0.39, 0.29) is 5.91 Å². The molecule has 128 valence electrons. The molecule has 1 amide bonds. The fourth-order valence-electron chi connectivity index (χ4n) is 2.25. The van der Waals surface area contributed by atoms with Crippen LogP contribution >= 0.6 is 23.2 Å². The lowest BCUT2D eigenvalue weighted by Gasteiger charge is -2.18. The number of rotatable bonds is 7. The number of nitrogens with zero attached hydrogens (tertiary/aromatic N) is 3. The van der Waals surface area contributed by atoms with Crippen molar-refractivity contribution in [3.05, 3.63) is 51.8 Å². The van der Waals surface area contributed by atoms with Gasteiger partial charge in [0, 0.05) is 42.1 Å². The first-order chi connectivity index (χ1) is 11.5. The van der Waals surface area contributed by atoms with Crippen LogP contribution in [0.5, 0.6) is 0 Å². The molecule has 0 bridgehead atoms. The lowest BCUT2D eigenvalue weighted by molar-refractivity contribution is 0.0953. The second kappa shape index (κ2) is 8.85. The molecule has 2 rings (SSSR count). The molecule has 0 saturated carbocycles. The zero-order valence-electron chi connectivity index (χ0n) is 13.7. The van der Waals surface area contributed by atoms with Gasteiger partial charge in [-0.2, -0.15) is 0 Å². The molecule has 7 heteroatoms. The van der Waals surface area contributed by atoms with E-state index in [1.54, 1.807) is 24.5 Å². The molecule has 0 radical (unpaired) electrons. The van der Waals surface area contributed by atoms with Crippen molar-refractivity contribution in [1.82, 2.24) is 15.3 Å². The van der Waals surface area contributed by atoms with Crippen LogP contribution in [0, 0.1) is 0 Å². The maximum atomic E-state index is 12.1. The van der Waals surface area contributed by atoms with Gasteiger partial charge in [0.05, 0.1) is 5.56 Å². The fourth-order valence-corrected chi connectivity index (χ4v) is 2.75. The van der Waals surface area contributed by atoms with Crippen LogP contribution in [0.3, 0.4) is 0 Å². The highest BCUT2D eigenvalue weighted by molar-refractivity contribution is 6.35. The number of hydrogen-bond acceptors (Lipinski definition) is 4. The number of carbonyl (C=O) groups excluding carboxylic acids is 1. The van der Waals surface area contributed by atoms with Crippen LogP contribution in [-0.2, 0) is 6.42 Å². The number of amides is 1. The zero-order chi connectivity index (χ0) is 17.5. The summed E-state index contributed by atoms with van der Waals surface area (Å²) in [6.45, 7) is 6.19. The first-order valence-electron chi connectivity index (χ1n) is 7.84. The SMILES string of the molecule is CCN(CC)c1ncc(C(=O)NCCc2ccc(Cl)cc2Cl)cn1. The van der Waals surface area contributed by atoms with Crippen molar-refractivity contribution in [2.75, 3.05) is 24.5 Å². The molecule has 1 N–H and O–H groups in total. The third kappa shape index (κ3) is 4.82. The Balaban J connectivity index is 1.90. The molecule has 1 aromatic heterocycles. The predicted molar refractivity (Wildman–Crippen MR) is 98.1 cm³/mol. The number of nitrogens with one attached hydrogen (secondary N) is 1. The van der Waals surface area contributed by atoms with Gasteiger partial charge in [0.15, 0.2) is 0 Å². The van der Waals surface area contributed by atoms with Gasteiger partial charge >= 0.3 is 0 Å². The molecule has 24 heavy (non-hydrogen) atoms. The van der Waals surface area contributed by atoms with Gasteiger partial charge in [-0.25, -0.2) is 9.97 Å². The molecule has 0 fully saturated rings. The lowest BCUT2D eigenvalue weighted by atomic mass is 10.1. The van der Waals surface area contributed by atoms with E-state index >= 15 is 0 Å². The minimum Gasteiger partial charge on any atom is -0.352 e. The minimum absolute atomic E-state index is 0.203. The molecule has 0 aliphatic rings. The molecule has 1 heterocycles. The van der Waals surface area contributed by atoms with E-state index in [0.29, 0.717) is 34.5 Å². The highest BCUT2D eigenvalue weighted by Crippen LogP contribution is 2.21. The summed E-state index contributed by atoms with van der Waals surface area (Å²) in [6, 6.07) is 5.34. The van der Waals surface area contributed by atoms with Crippen LogP contribution in [0.2, 0.25) is 10.0 Å².